The van der Waals surface area contributed by atoms with Crippen LogP contribution in [0, 0.1) is 0 Å². The number of carboxylic acid groups (broad SMARTS) is 1. The van der Waals surface area contributed by atoms with Gasteiger partial charge in [-0.25, -0.2) is 9.36 Å². The fourth-order valence-corrected chi connectivity index (χ4v) is 6.89. The predicted molar refractivity (Wildman–Crippen MR) is 225 cm³/mol. The van der Waals surface area contributed by atoms with Gasteiger partial charge in [0.05, 0.1) is 37.6 Å². The molecule has 21 nitrogen and oxygen atoms in total. The number of aryl methyl sites for hydroxylation is 1. The summed E-state index contributed by atoms with van der Waals surface area (Å²) in [7, 11) is 0. The highest BCUT2D eigenvalue weighted by molar-refractivity contribution is 5.94. The molecule has 3 heterocycles. The normalized spacial score (nSPS) is 18.9. The topological polar surface area (TPSA) is 309 Å². The van der Waals surface area contributed by atoms with Gasteiger partial charge in [-0.05, 0) is 56.1 Å². The highest BCUT2D eigenvalue weighted by Crippen LogP contribution is 2.22. The molecule has 5 amide bonds. The summed E-state index contributed by atoms with van der Waals surface area (Å²) >= 11 is 0. The van der Waals surface area contributed by atoms with Crippen molar-refractivity contribution in [3.8, 4) is 0 Å². The molecule has 22 heteroatoms. The molecule has 1 aliphatic rings. The van der Waals surface area contributed by atoms with Crippen LogP contribution in [0.1, 0.15) is 79.2 Å². The number of nitrogens with two attached hydrogens (primary N) is 2. The first-order valence-corrected chi connectivity index (χ1v) is 20.6. The number of fused-ring (bicyclic) bond motifs is 2. The van der Waals surface area contributed by atoms with Gasteiger partial charge in [-0.2, -0.15) is 0 Å². The van der Waals surface area contributed by atoms with Crippen LogP contribution in [0.25, 0.3) is 0 Å². The number of hydrogen-bond donors (Lipinski definition) is 8. The summed E-state index contributed by atoms with van der Waals surface area (Å²) in [6, 6.07) is 12.9. The minimum absolute atomic E-state index is 0.0468. The summed E-state index contributed by atoms with van der Waals surface area (Å²) in [4.78, 5) is 84.0. The van der Waals surface area contributed by atoms with E-state index in [1.807, 2.05) is 48.5 Å². The van der Waals surface area contributed by atoms with Crippen LogP contribution < -0.4 is 38.1 Å². The number of carbonyl (C=O) groups excluding carboxylic acids is 5. The first-order valence-electron chi connectivity index (χ1n) is 20.6. The largest absolute Gasteiger partial charge is 0.481 e. The number of nitrogens with one attached hydrogen (secondary N) is 5. The Bertz CT molecular complexity index is 2180. The molecule has 0 saturated carbocycles. The summed E-state index contributed by atoms with van der Waals surface area (Å²) in [5.41, 5.74) is 13.4. The molecule has 2 aromatic heterocycles. The van der Waals surface area contributed by atoms with Gasteiger partial charge in [0.15, 0.2) is 5.96 Å². The average molecular weight is 873 g/mol. The maximum atomic E-state index is 14.3. The Morgan fingerprint density at radius 3 is 2.25 bits per heavy atom. The number of rotatable bonds is 19. The number of carbonyl (C=O) groups is 6. The van der Waals surface area contributed by atoms with Gasteiger partial charge in [0.1, 0.15) is 29.9 Å². The number of aliphatic carboxylic acids is 1. The lowest BCUT2D eigenvalue weighted by Crippen LogP contribution is -2.53. The lowest BCUT2D eigenvalue weighted by Gasteiger charge is -2.24. The van der Waals surface area contributed by atoms with E-state index in [4.69, 9.17) is 11.5 Å². The van der Waals surface area contributed by atoms with Gasteiger partial charge in [-0.15, -0.1) is 10.2 Å². The van der Waals surface area contributed by atoms with Crippen LogP contribution in [0.4, 0.5) is 4.39 Å². The summed E-state index contributed by atoms with van der Waals surface area (Å²) in [5, 5.41) is 39.8. The van der Waals surface area contributed by atoms with E-state index in [-0.39, 0.29) is 75.6 Å². The van der Waals surface area contributed by atoms with Gasteiger partial charge in [0, 0.05) is 25.7 Å². The van der Waals surface area contributed by atoms with E-state index >= 15 is 0 Å². The molecular weight excluding hydrogens is 820 g/mol. The molecule has 2 aromatic carbocycles. The Morgan fingerprint density at radius 1 is 0.841 bits per heavy atom. The van der Waals surface area contributed by atoms with Crippen LogP contribution in [0.15, 0.2) is 78.0 Å². The van der Waals surface area contributed by atoms with Crippen LogP contribution in [0.2, 0.25) is 0 Å². The third-order valence-electron chi connectivity index (χ3n) is 10.1. The van der Waals surface area contributed by atoms with Gasteiger partial charge in [0.2, 0.25) is 29.5 Å². The van der Waals surface area contributed by atoms with E-state index in [2.05, 4.69) is 52.2 Å². The molecule has 4 aromatic rings. The van der Waals surface area contributed by atoms with Gasteiger partial charge >= 0.3 is 5.97 Å². The number of halogens is 1. The molecule has 63 heavy (non-hydrogen) atoms. The average Bonchev–Trinajstić information content (AvgIpc) is 3.95. The number of benzene rings is 2. The van der Waals surface area contributed by atoms with Crippen molar-refractivity contribution in [3.63, 3.8) is 0 Å². The lowest BCUT2D eigenvalue weighted by atomic mass is 10.0. The molecule has 0 fully saturated rings. The minimum atomic E-state index is -1.52. The smallest absolute Gasteiger partial charge is 0.305 e. The number of hydrogen-bond acceptors (Lipinski definition) is 11. The Kier molecular flexibility index (Phi) is 17.6. The maximum Gasteiger partial charge on any atom is 0.305 e. The third kappa shape index (κ3) is 14.7. The third-order valence-corrected chi connectivity index (χ3v) is 10.1. The first kappa shape index (κ1) is 46.8. The van der Waals surface area contributed by atoms with Crippen molar-refractivity contribution >= 4 is 41.5 Å². The standard InChI is InChI=1S/C41H53FN14O7/c42-17-7-14-28-24-55(53-51-28)34(21-27-12-5-2-6-13-27)39(62)45-18-9-16-33-40(63)49-29(15-8-19-46-41(43)44)37(60)47-23-35(57)48-31(22-36(58)59)38(61)50-30(32-25-56(33)54-52-32)20-26-10-3-1-4-11-26/h1-6,10-13,24-25,29-31,33-34H,7-9,14-23H2,(H,45,62)(H,47,60)(H,48,57)(H,49,63)(H,50,61)(H,58,59)(H4,43,44,46)/t29-,30?,31?,33?,34-/m0/s1. The van der Waals surface area contributed by atoms with Crippen molar-refractivity contribution in [1.29, 1.82) is 0 Å². The maximum absolute atomic E-state index is 14.3. The molecule has 10 N–H and O–H groups in total. The first-order chi connectivity index (χ1) is 30.4. The van der Waals surface area contributed by atoms with E-state index in [1.54, 1.807) is 18.3 Å². The molecule has 3 unspecified atom stereocenters. The SMILES string of the molecule is NC(N)=NCCC[C@@H]1NC(=O)C(CCCNC(=O)[C@H](Cc2ccccc2)n2cc(CCCF)nn2)n2cc(nn2)C(Cc2ccccc2)NC(=O)C(CC(=O)O)NC(=O)CNC1=O. The molecule has 5 atom stereocenters. The zero-order chi connectivity index (χ0) is 45.1. The van der Waals surface area contributed by atoms with Gasteiger partial charge in [0.25, 0.3) is 0 Å². The molecule has 336 valence electrons. The van der Waals surface area contributed by atoms with E-state index in [0.29, 0.717) is 12.1 Å². The van der Waals surface area contributed by atoms with Crippen LogP contribution in [-0.4, -0.2) is 115 Å². The fourth-order valence-electron chi connectivity index (χ4n) is 6.89. The minimum Gasteiger partial charge on any atom is -0.481 e. The fraction of sp³-hybridized carbons (Fsp3) is 0.439. The predicted octanol–water partition coefficient (Wildman–Crippen LogP) is -0.279. The molecule has 0 spiro atoms. The van der Waals surface area contributed by atoms with E-state index < -0.39 is 79.4 Å². The van der Waals surface area contributed by atoms with Gasteiger partial charge in [-0.3, -0.25) is 38.2 Å². The quantitative estimate of drug-likeness (QED) is 0.0342. The van der Waals surface area contributed by atoms with Gasteiger partial charge < -0.3 is 43.2 Å². The molecule has 0 radical (unpaired) electrons. The van der Waals surface area contributed by atoms with Crippen LogP contribution >= 0.6 is 0 Å². The van der Waals surface area contributed by atoms with E-state index in [9.17, 15) is 38.3 Å². The Labute approximate surface area is 362 Å². The molecule has 2 bridgehead atoms. The number of guanidine groups is 1. The van der Waals surface area contributed by atoms with Crippen molar-refractivity contribution in [2.45, 2.75) is 88.0 Å². The lowest BCUT2D eigenvalue weighted by molar-refractivity contribution is -0.141. The van der Waals surface area contributed by atoms with E-state index in [1.165, 1.54) is 15.6 Å². The second kappa shape index (κ2) is 23.7. The van der Waals surface area contributed by atoms with Crippen molar-refractivity contribution in [2.75, 3.05) is 26.3 Å². The molecule has 1 aliphatic heterocycles. The number of aliphatic imine (C=N–C) groups is 1. The summed E-state index contributed by atoms with van der Waals surface area (Å²) in [5.74, 6) is -4.93. The number of alkyl halides is 1. The molecular formula is C41H53FN14O7. The van der Waals surface area contributed by atoms with Crippen molar-refractivity contribution < 1.29 is 38.3 Å². The van der Waals surface area contributed by atoms with Crippen LogP contribution in [-0.2, 0) is 48.0 Å². The Hall–Kier alpha value is -7.26. The number of carboxylic acids is 1. The highest BCUT2D eigenvalue weighted by atomic mass is 19.1. The van der Waals surface area contributed by atoms with Crippen molar-refractivity contribution in [1.82, 2.24) is 56.6 Å². The summed E-state index contributed by atoms with van der Waals surface area (Å²) in [6.07, 6.45) is 4.06. The Morgan fingerprint density at radius 2 is 1.56 bits per heavy atom. The molecule has 5 rings (SSSR count). The highest BCUT2D eigenvalue weighted by Gasteiger charge is 2.32. The van der Waals surface area contributed by atoms with E-state index in [0.717, 1.165) is 11.1 Å². The monoisotopic (exact) mass is 872 g/mol. The van der Waals surface area contributed by atoms with Crippen molar-refractivity contribution in [2.24, 2.45) is 16.5 Å². The molecule has 0 saturated heterocycles. The second-order valence-corrected chi connectivity index (χ2v) is 15.0. The van der Waals surface area contributed by atoms with Crippen molar-refractivity contribution in [3.05, 3.63) is 95.6 Å². The second-order valence-electron chi connectivity index (χ2n) is 15.0. The molecule has 0 aliphatic carbocycles. The van der Waals surface area contributed by atoms with Crippen LogP contribution in [0.3, 0.4) is 0 Å². The van der Waals surface area contributed by atoms with Crippen LogP contribution in [0.5, 0.6) is 0 Å². The number of amides is 5. The summed E-state index contributed by atoms with van der Waals surface area (Å²) in [6.45, 7) is -0.916. The number of aromatic nitrogens is 6. The Balaban J connectivity index is 1.42. The summed E-state index contributed by atoms with van der Waals surface area (Å²) < 4.78 is 15.6. The zero-order valence-corrected chi connectivity index (χ0v) is 34.6. The number of nitrogens with zero attached hydrogens (tertiary/aromatic N) is 7. The zero-order valence-electron chi connectivity index (χ0n) is 34.6. The van der Waals surface area contributed by atoms with Gasteiger partial charge in [-0.1, -0.05) is 71.1 Å².